The van der Waals surface area contributed by atoms with Gasteiger partial charge in [-0.1, -0.05) is 18.7 Å². The van der Waals surface area contributed by atoms with Crippen molar-refractivity contribution in [3.05, 3.63) is 41.5 Å². The van der Waals surface area contributed by atoms with Crippen molar-refractivity contribution in [2.75, 3.05) is 13.2 Å². The molecule has 0 unspecified atom stereocenters. The molecule has 28 heavy (non-hydrogen) atoms. The zero-order chi connectivity index (χ0) is 20.7. The fraction of sp³-hybridized carbons (Fsp3) is 0.444. The van der Waals surface area contributed by atoms with Gasteiger partial charge in [0.2, 0.25) is 0 Å². The van der Waals surface area contributed by atoms with Gasteiger partial charge in [0, 0.05) is 11.5 Å². The number of aromatic nitrogens is 2. The highest BCUT2D eigenvalue weighted by Gasteiger charge is 2.27. The standard InChI is InChI=1S/C18H21F4N3O2S/c1-3-10-27-11-15-16(28-14-6-4-13(19)5-7-14)12(2)24-25(15)9-8-23-17(26)18(20,21)22/h4-7H,3,8-11H2,1-2H3,(H,23,26)/p-1. The molecule has 1 aromatic heterocycles. The van der Waals surface area contributed by atoms with Gasteiger partial charge in [-0.05, 0) is 37.6 Å². The second kappa shape index (κ2) is 9.92. The molecule has 0 spiro atoms. The Morgan fingerprint density at radius 3 is 2.57 bits per heavy atom. The predicted octanol–water partition coefficient (Wildman–Crippen LogP) is 3.73. The van der Waals surface area contributed by atoms with Crippen LogP contribution in [-0.2, 0) is 17.9 Å². The maximum Gasteiger partial charge on any atom is 0.419 e. The van der Waals surface area contributed by atoms with Crippen molar-refractivity contribution in [1.29, 1.82) is 0 Å². The van der Waals surface area contributed by atoms with Crippen LogP contribution in [-0.4, -0.2) is 35.0 Å². The van der Waals surface area contributed by atoms with E-state index in [1.54, 1.807) is 19.1 Å². The molecule has 1 aromatic carbocycles. The number of halogens is 4. The van der Waals surface area contributed by atoms with E-state index in [1.807, 2.05) is 6.92 Å². The lowest BCUT2D eigenvalue weighted by Gasteiger charge is -2.14. The van der Waals surface area contributed by atoms with Crippen LogP contribution in [0.1, 0.15) is 24.7 Å². The molecule has 0 saturated carbocycles. The number of aliphatic imine (C=N–C) groups is 1. The Labute approximate surface area is 164 Å². The Bertz CT molecular complexity index is 804. The van der Waals surface area contributed by atoms with Crippen LogP contribution in [0.15, 0.2) is 39.0 Å². The summed E-state index contributed by atoms with van der Waals surface area (Å²) in [7, 11) is 0. The third kappa shape index (κ3) is 6.23. The van der Waals surface area contributed by atoms with E-state index in [4.69, 9.17) is 4.74 Å². The Hall–Kier alpha value is -2.07. The summed E-state index contributed by atoms with van der Waals surface area (Å²) in [6, 6.07) is 5.95. The summed E-state index contributed by atoms with van der Waals surface area (Å²) >= 11 is 1.36. The number of aryl methyl sites for hydroxylation is 1. The van der Waals surface area contributed by atoms with Crippen molar-refractivity contribution in [3.8, 4) is 0 Å². The van der Waals surface area contributed by atoms with Crippen molar-refractivity contribution in [1.82, 2.24) is 9.78 Å². The molecular formula is C18H20F4N3O2S-. The van der Waals surface area contributed by atoms with Gasteiger partial charge < -0.3 is 9.84 Å². The van der Waals surface area contributed by atoms with E-state index >= 15 is 0 Å². The van der Waals surface area contributed by atoms with E-state index < -0.39 is 12.1 Å². The molecule has 0 fully saturated rings. The van der Waals surface area contributed by atoms with Crippen LogP contribution in [0, 0.1) is 12.7 Å². The van der Waals surface area contributed by atoms with Crippen LogP contribution < -0.4 is 5.11 Å². The van der Waals surface area contributed by atoms with Crippen LogP contribution in [0.2, 0.25) is 0 Å². The van der Waals surface area contributed by atoms with Gasteiger partial charge in [0.1, 0.15) is 5.82 Å². The first-order chi connectivity index (χ1) is 13.2. The van der Waals surface area contributed by atoms with Crippen molar-refractivity contribution in [2.45, 2.75) is 49.4 Å². The Balaban J connectivity index is 2.22. The van der Waals surface area contributed by atoms with Crippen molar-refractivity contribution >= 4 is 17.7 Å². The monoisotopic (exact) mass is 418 g/mol. The van der Waals surface area contributed by atoms with E-state index in [0.29, 0.717) is 18.0 Å². The summed E-state index contributed by atoms with van der Waals surface area (Å²) in [6.45, 7) is 4.12. The van der Waals surface area contributed by atoms with Crippen molar-refractivity contribution in [2.24, 2.45) is 4.99 Å². The quantitative estimate of drug-likeness (QED) is 0.269. The number of ether oxygens (including phenoxy) is 1. The molecule has 0 radical (unpaired) electrons. The molecule has 0 saturated heterocycles. The summed E-state index contributed by atoms with van der Waals surface area (Å²) in [6.07, 6.45) is -4.17. The largest absolute Gasteiger partial charge is 0.856 e. The molecule has 0 aliphatic carbocycles. The molecule has 5 nitrogen and oxygen atoms in total. The summed E-state index contributed by atoms with van der Waals surface area (Å²) in [5, 5.41) is 15.3. The number of hydrogen-bond donors (Lipinski definition) is 0. The molecule has 1 heterocycles. The molecule has 0 amide bonds. The highest BCUT2D eigenvalue weighted by molar-refractivity contribution is 7.99. The average molecular weight is 418 g/mol. The van der Waals surface area contributed by atoms with Gasteiger partial charge >= 0.3 is 6.18 Å². The van der Waals surface area contributed by atoms with E-state index in [2.05, 4.69) is 10.1 Å². The van der Waals surface area contributed by atoms with Crippen LogP contribution in [0.25, 0.3) is 0 Å². The fourth-order valence-corrected chi connectivity index (χ4v) is 3.32. The molecule has 0 bridgehead atoms. The predicted molar refractivity (Wildman–Crippen MR) is 95.8 cm³/mol. The first-order valence-electron chi connectivity index (χ1n) is 8.58. The lowest BCUT2D eigenvalue weighted by Crippen LogP contribution is -2.35. The minimum absolute atomic E-state index is 0.0114. The molecular weight excluding hydrogens is 398 g/mol. The highest BCUT2D eigenvalue weighted by atomic mass is 32.2. The summed E-state index contributed by atoms with van der Waals surface area (Å²) in [5.41, 5.74) is 1.33. The van der Waals surface area contributed by atoms with Crippen LogP contribution in [0.5, 0.6) is 0 Å². The normalized spacial score (nSPS) is 12.6. The van der Waals surface area contributed by atoms with Crippen LogP contribution >= 0.6 is 11.8 Å². The topological polar surface area (TPSA) is 62.5 Å². The third-order valence-electron chi connectivity index (χ3n) is 3.60. The van der Waals surface area contributed by atoms with Gasteiger partial charge in [-0.15, -0.1) is 0 Å². The average Bonchev–Trinajstić information content (AvgIpc) is 2.91. The number of benzene rings is 1. The molecule has 0 N–H and O–H groups in total. The van der Waals surface area contributed by atoms with Crippen LogP contribution in [0.3, 0.4) is 0 Å². The van der Waals surface area contributed by atoms with E-state index in [1.165, 1.54) is 28.6 Å². The van der Waals surface area contributed by atoms with Gasteiger partial charge in [0.15, 0.2) is 0 Å². The molecule has 154 valence electrons. The Kier molecular flexibility index (Phi) is 7.88. The Morgan fingerprint density at radius 2 is 1.96 bits per heavy atom. The number of rotatable bonds is 9. The van der Waals surface area contributed by atoms with Gasteiger partial charge in [0.25, 0.3) is 0 Å². The Morgan fingerprint density at radius 1 is 1.29 bits per heavy atom. The van der Waals surface area contributed by atoms with E-state index in [9.17, 15) is 22.7 Å². The lowest BCUT2D eigenvalue weighted by molar-refractivity contribution is -0.262. The van der Waals surface area contributed by atoms with Crippen LogP contribution in [0.4, 0.5) is 17.6 Å². The maximum atomic E-state index is 13.1. The molecule has 2 aromatic rings. The number of hydrogen-bond acceptors (Lipinski definition) is 5. The summed E-state index contributed by atoms with van der Waals surface area (Å²) in [4.78, 5) is 4.62. The molecule has 0 aliphatic heterocycles. The van der Waals surface area contributed by atoms with Crippen molar-refractivity contribution in [3.63, 3.8) is 0 Å². The maximum absolute atomic E-state index is 13.1. The summed E-state index contributed by atoms with van der Waals surface area (Å²) in [5.74, 6) is -2.46. The molecule has 2 rings (SSSR count). The first-order valence-corrected chi connectivity index (χ1v) is 9.40. The molecule has 10 heteroatoms. The van der Waals surface area contributed by atoms with Gasteiger partial charge in [-0.3, -0.25) is 9.67 Å². The zero-order valence-corrected chi connectivity index (χ0v) is 16.2. The van der Waals surface area contributed by atoms with E-state index in [0.717, 1.165) is 16.2 Å². The highest BCUT2D eigenvalue weighted by Crippen LogP contribution is 2.33. The van der Waals surface area contributed by atoms with Gasteiger partial charge in [-0.25, -0.2) is 4.39 Å². The van der Waals surface area contributed by atoms with E-state index in [-0.39, 0.29) is 25.5 Å². The second-order valence-electron chi connectivity index (χ2n) is 5.88. The summed E-state index contributed by atoms with van der Waals surface area (Å²) < 4.78 is 57.1. The molecule has 0 atom stereocenters. The van der Waals surface area contributed by atoms with Gasteiger partial charge in [-0.2, -0.15) is 18.3 Å². The third-order valence-corrected chi connectivity index (χ3v) is 4.85. The van der Waals surface area contributed by atoms with Crippen molar-refractivity contribution < 1.29 is 27.4 Å². The smallest absolute Gasteiger partial charge is 0.419 e. The van der Waals surface area contributed by atoms with Gasteiger partial charge in [0.05, 0.1) is 41.9 Å². The fourth-order valence-electron chi connectivity index (χ4n) is 2.34. The minimum atomic E-state index is -4.98. The second-order valence-corrected chi connectivity index (χ2v) is 6.96. The number of alkyl halides is 3. The first kappa shape index (κ1) is 22.2. The lowest BCUT2D eigenvalue weighted by atomic mass is 10.3. The minimum Gasteiger partial charge on any atom is -0.856 e. The zero-order valence-electron chi connectivity index (χ0n) is 15.4. The molecule has 0 aliphatic rings. The number of nitrogens with zero attached hydrogens (tertiary/aromatic N) is 3. The SMILES string of the molecule is CCCOCc1c(Sc2ccc(F)cc2)c(C)nn1CCN=C([O-])C(F)(F)F.